The summed E-state index contributed by atoms with van der Waals surface area (Å²) in [6.45, 7) is 7.15. The Morgan fingerprint density at radius 3 is 2.73 bits per heavy atom. The monoisotopic (exact) mass is 213 g/mol. The van der Waals surface area contributed by atoms with E-state index in [9.17, 15) is 0 Å². The maximum absolute atomic E-state index is 8.80. The number of hydrogen-bond acceptors (Lipinski definition) is 2. The highest BCUT2D eigenvalue weighted by Gasteiger charge is 2.20. The predicted octanol–water partition coefficient (Wildman–Crippen LogP) is 2.42. The van der Waals surface area contributed by atoms with Crippen LogP contribution in [-0.4, -0.2) is 24.8 Å². The average Bonchev–Trinajstić information content (AvgIpc) is 2.21. The van der Waals surface area contributed by atoms with Crippen molar-refractivity contribution in [3.63, 3.8) is 0 Å². The zero-order valence-corrected chi connectivity index (χ0v) is 10.3. The van der Waals surface area contributed by atoms with Crippen LogP contribution in [0, 0.1) is 17.8 Å². The summed E-state index contributed by atoms with van der Waals surface area (Å²) in [5, 5.41) is 12.4. The van der Waals surface area contributed by atoms with Crippen LogP contribution in [0.15, 0.2) is 0 Å². The van der Waals surface area contributed by atoms with Gasteiger partial charge in [-0.15, -0.1) is 0 Å². The summed E-state index contributed by atoms with van der Waals surface area (Å²) in [7, 11) is 0. The maximum Gasteiger partial charge on any atom is 0.0434 e. The molecule has 1 rings (SSSR count). The van der Waals surface area contributed by atoms with Gasteiger partial charge in [-0.3, -0.25) is 0 Å². The predicted molar refractivity (Wildman–Crippen MR) is 64.9 cm³/mol. The van der Waals surface area contributed by atoms with Crippen molar-refractivity contribution in [1.82, 2.24) is 5.32 Å². The number of aliphatic hydroxyl groups excluding tert-OH is 1. The molecule has 15 heavy (non-hydrogen) atoms. The van der Waals surface area contributed by atoms with E-state index in [1.807, 2.05) is 0 Å². The first-order valence-electron chi connectivity index (χ1n) is 6.55. The van der Waals surface area contributed by atoms with Crippen LogP contribution in [-0.2, 0) is 0 Å². The summed E-state index contributed by atoms with van der Waals surface area (Å²) in [5.41, 5.74) is 0. The van der Waals surface area contributed by atoms with Crippen molar-refractivity contribution < 1.29 is 5.11 Å². The molecule has 0 heterocycles. The summed E-state index contributed by atoms with van der Waals surface area (Å²) in [5.74, 6) is 2.40. The Kier molecular flexibility index (Phi) is 6.26. The normalized spacial score (nSPS) is 29.0. The molecular formula is C13H27NO. The van der Waals surface area contributed by atoms with E-state index in [4.69, 9.17) is 5.11 Å². The van der Waals surface area contributed by atoms with Crippen molar-refractivity contribution in [2.24, 2.45) is 17.8 Å². The van der Waals surface area contributed by atoms with Crippen molar-refractivity contribution in [3.05, 3.63) is 0 Å². The summed E-state index contributed by atoms with van der Waals surface area (Å²) >= 11 is 0. The van der Waals surface area contributed by atoms with Gasteiger partial charge in [-0.1, -0.05) is 33.1 Å². The molecule has 1 saturated carbocycles. The fraction of sp³-hybridized carbons (Fsp3) is 1.00. The van der Waals surface area contributed by atoms with Gasteiger partial charge in [0.1, 0.15) is 0 Å². The summed E-state index contributed by atoms with van der Waals surface area (Å²) in [6, 6.07) is 0. The molecule has 2 N–H and O–H groups in total. The van der Waals surface area contributed by atoms with Gasteiger partial charge in [0.15, 0.2) is 0 Å². The maximum atomic E-state index is 8.80. The molecule has 3 atom stereocenters. The van der Waals surface area contributed by atoms with E-state index in [-0.39, 0.29) is 0 Å². The molecule has 0 bridgehead atoms. The van der Waals surface area contributed by atoms with Crippen LogP contribution in [0.3, 0.4) is 0 Å². The molecule has 1 aliphatic rings. The number of hydrogen-bond donors (Lipinski definition) is 2. The van der Waals surface area contributed by atoms with Gasteiger partial charge in [-0.25, -0.2) is 0 Å². The molecule has 2 heteroatoms. The van der Waals surface area contributed by atoms with Gasteiger partial charge in [0, 0.05) is 6.61 Å². The van der Waals surface area contributed by atoms with E-state index >= 15 is 0 Å². The van der Waals surface area contributed by atoms with Crippen molar-refractivity contribution in [1.29, 1.82) is 0 Å². The van der Waals surface area contributed by atoms with Crippen molar-refractivity contribution in [2.45, 2.75) is 46.0 Å². The Morgan fingerprint density at radius 1 is 1.33 bits per heavy atom. The molecule has 3 unspecified atom stereocenters. The van der Waals surface area contributed by atoms with Gasteiger partial charge in [0.2, 0.25) is 0 Å². The zero-order valence-electron chi connectivity index (χ0n) is 10.3. The second-order valence-electron chi connectivity index (χ2n) is 5.30. The molecular weight excluding hydrogens is 186 g/mol. The molecule has 90 valence electrons. The van der Waals surface area contributed by atoms with Gasteiger partial charge in [0.25, 0.3) is 0 Å². The van der Waals surface area contributed by atoms with Crippen LogP contribution in [0.5, 0.6) is 0 Å². The molecule has 0 aromatic carbocycles. The van der Waals surface area contributed by atoms with Gasteiger partial charge < -0.3 is 10.4 Å². The molecule has 1 fully saturated rings. The zero-order chi connectivity index (χ0) is 11.1. The Bertz CT molecular complexity index is 161. The first-order valence-corrected chi connectivity index (χ1v) is 6.55. The van der Waals surface area contributed by atoms with Gasteiger partial charge in [0.05, 0.1) is 0 Å². The highest BCUT2D eigenvalue weighted by atomic mass is 16.3. The van der Waals surface area contributed by atoms with Gasteiger partial charge in [-0.2, -0.15) is 0 Å². The second kappa shape index (κ2) is 7.24. The summed E-state index contributed by atoms with van der Waals surface area (Å²) in [6.07, 6.45) is 6.59. The third-order valence-electron chi connectivity index (χ3n) is 3.81. The van der Waals surface area contributed by atoms with Gasteiger partial charge in [-0.05, 0) is 43.7 Å². The minimum Gasteiger partial charge on any atom is -0.396 e. The summed E-state index contributed by atoms with van der Waals surface area (Å²) < 4.78 is 0. The number of nitrogens with one attached hydrogen (secondary N) is 1. The molecule has 0 saturated heterocycles. The van der Waals surface area contributed by atoms with Crippen LogP contribution >= 0.6 is 0 Å². The largest absolute Gasteiger partial charge is 0.396 e. The molecule has 0 aliphatic heterocycles. The quantitative estimate of drug-likeness (QED) is 0.710. The minimum absolute atomic E-state index is 0.322. The van der Waals surface area contributed by atoms with E-state index in [1.165, 1.54) is 32.2 Å². The first-order chi connectivity index (χ1) is 7.24. The van der Waals surface area contributed by atoms with Crippen LogP contribution < -0.4 is 5.32 Å². The van der Waals surface area contributed by atoms with Crippen molar-refractivity contribution >= 4 is 0 Å². The van der Waals surface area contributed by atoms with E-state index in [0.717, 1.165) is 24.8 Å². The minimum atomic E-state index is 0.322. The lowest BCUT2D eigenvalue weighted by Crippen LogP contribution is -2.32. The topological polar surface area (TPSA) is 32.3 Å². The van der Waals surface area contributed by atoms with E-state index < -0.39 is 0 Å². The highest BCUT2D eigenvalue weighted by Crippen LogP contribution is 2.28. The Hall–Kier alpha value is -0.0800. The molecule has 1 aliphatic carbocycles. The van der Waals surface area contributed by atoms with Crippen molar-refractivity contribution in [3.8, 4) is 0 Å². The molecule has 0 amide bonds. The smallest absolute Gasteiger partial charge is 0.0434 e. The Morgan fingerprint density at radius 2 is 2.07 bits per heavy atom. The van der Waals surface area contributed by atoms with E-state index in [0.29, 0.717) is 12.5 Å². The third kappa shape index (κ3) is 4.98. The Labute approximate surface area is 94.5 Å². The molecule has 0 aromatic heterocycles. The molecule has 2 nitrogen and oxygen atoms in total. The highest BCUT2D eigenvalue weighted by molar-refractivity contribution is 4.74. The lowest BCUT2D eigenvalue weighted by molar-refractivity contribution is 0.235. The third-order valence-corrected chi connectivity index (χ3v) is 3.81. The molecule has 0 spiro atoms. The SMILES string of the molecule is CC(CCO)CNCC1CCCCC1C. The average molecular weight is 213 g/mol. The Balaban J connectivity index is 2.08. The number of aliphatic hydroxyl groups is 1. The van der Waals surface area contributed by atoms with Crippen LogP contribution in [0.2, 0.25) is 0 Å². The molecule has 0 radical (unpaired) electrons. The van der Waals surface area contributed by atoms with E-state index in [1.54, 1.807) is 0 Å². The second-order valence-corrected chi connectivity index (χ2v) is 5.30. The fourth-order valence-corrected chi connectivity index (χ4v) is 2.53. The standard InChI is InChI=1S/C13H27NO/c1-11(7-8-15)9-14-10-13-6-4-3-5-12(13)2/h11-15H,3-10H2,1-2H3. The lowest BCUT2D eigenvalue weighted by Gasteiger charge is -2.29. The van der Waals surface area contributed by atoms with Crippen LogP contribution in [0.4, 0.5) is 0 Å². The number of rotatable bonds is 6. The van der Waals surface area contributed by atoms with Crippen molar-refractivity contribution in [2.75, 3.05) is 19.7 Å². The molecule has 0 aromatic rings. The fourth-order valence-electron chi connectivity index (χ4n) is 2.53. The first kappa shape index (κ1) is 13.0. The lowest BCUT2D eigenvalue weighted by atomic mass is 9.80. The van der Waals surface area contributed by atoms with E-state index in [2.05, 4.69) is 19.2 Å². The summed E-state index contributed by atoms with van der Waals surface area (Å²) in [4.78, 5) is 0. The van der Waals surface area contributed by atoms with Crippen LogP contribution in [0.25, 0.3) is 0 Å². The van der Waals surface area contributed by atoms with Crippen LogP contribution in [0.1, 0.15) is 46.0 Å². The van der Waals surface area contributed by atoms with Gasteiger partial charge >= 0.3 is 0 Å².